The molecule has 0 aromatic heterocycles. The summed E-state index contributed by atoms with van der Waals surface area (Å²) in [6.07, 6.45) is 0.253. The molecule has 0 heterocycles. The predicted octanol–water partition coefficient (Wildman–Crippen LogP) is 2.57. The maximum absolute atomic E-state index is 11.4. The van der Waals surface area contributed by atoms with Gasteiger partial charge in [-0.15, -0.1) is 0 Å². The SMILES string of the molecule is COc1cc(OCCCNC(=O)OC(C)(C)C)ccc1N. The van der Waals surface area contributed by atoms with E-state index in [2.05, 4.69) is 5.32 Å². The van der Waals surface area contributed by atoms with Crippen LogP contribution < -0.4 is 20.5 Å². The number of methoxy groups -OCH3 is 1. The molecule has 0 saturated heterocycles. The molecule has 21 heavy (non-hydrogen) atoms. The first-order valence-electron chi connectivity index (χ1n) is 6.85. The predicted molar refractivity (Wildman–Crippen MR) is 81.8 cm³/mol. The van der Waals surface area contributed by atoms with Crippen molar-refractivity contribution in [2.24, 2.45) is 0 Å². The van der Waals surface area contributed by atoms with E-state index in [9.17, 15) is 4.79 Å². The molecule has 0 atom stereocenters. The maximum atomic E-state index is 11.4. The number of anilines is 1. The van der Waals surface area contributed by atoms with Crippen LogP contribution in [0.2, 0.25) is 0 Å². The van der Waals surface area contributed by atoms with Gasteiger partial charge in [0, 0.05) is 12.6 Å². The fourth-order valence-corrected chi connectivity index (χ4v) is 1.55. The fraction of sp³-hybridized carbons (Fsp3) is 0.533. The topological polar surface area (TPSA) is 82.8 Å². The number of amides is 1. The van der Waals surface area contributed by atoms with Crippen LogP contribution in [0.1, 0.15) is 27.2 Å². The number of rotatable bonds is 6. The van der Waals surface area contributed by atoms with Gasteiger partial charge in [-0.05, 0) is 39.3 Å². The molecule has 0 spiro atoms. The van der Waals surface area contributed by atoms with Gasteiger partial charge in [0.05, 0.1) is 19.4 Å². The molecule has 0 radical (unpaired) electrons. The van der Waals surface area contributed by atoms with E-state index in [4.69, 9.17) is 19.9 Å². The Morgan fingerprint density at radius 2 is 2.05 bits per heavy atom. The summed E-state index contributed by atoms with van der Waals surface area (Å²) in [5.41, 5.74) is 5.80. The minimum Gasteiger partial charge on any atom is -0.494 e. The number of nitrogens with two attached hydrogens (primary N) is 1. The number of alkyl carbamates (subject to hydrolysis) is 1. The highest BCUT2D eigenvalue weighted by Crippen LogP contribution is 2.26. The first-order valence-corrected chi connectivity index (χ1v) is 6.85. The smallest absolute Gasteiger partial charge is 0.407 e. The second kappa shape index (κ2) is 7.61. The standard InChI is InChI=1S/C15H24N2O4/c1-15(2,3)21-14(18)17-8-5-9-20-11-6-7-12(16)13(10-11)19-4/h6-7,10H,5,8-9,16H2,1-4H3,(H,17,18). The normalized spacial score (nSPS) is 10.9. The van der Waals surface area contributed by atoms with Gasteiger partial charge in [0.25, 0.3) is 0 Å². The zero-order valence-corrected chi connectivity index (χ0v) is 13.1. The number of hydrogen-bond acceptors (Lipinski definition) is 5. The minimum absolute atomic E-state index is 0.420. The van der Waals surface area contributed by atoms with Crippen molar-refractivity contribution in [2.45, 2.75) is 32.8 Å². The van der Waals surface area contributed by atoms with E-state index < -0.39 is 11.7 Å². The van der Waals surface area contributed by atoms with Gasteiger partial charge >= 0.3 is 6.09 Å². The van der Waals surface area contributed by atoms with E-state index in [1.807, 2.05) is 20.8 Å². The summed E-state index contributed by atoms with van der Waals surface area (Å²) < 4.78 is 15.8. The van der Waals surface area contributed by atoms with Crippen molar-refractivity contribution in [3.05, 3.63) is 18.2 Å². The van der Waals surface area contributed by atoms with Gasteiger partial charge < -0.3 is 25.3 Å². The Morgan fingerprint density at radius 3 is 2.67 bits per heavy atom. The molecule has 0 aliphatic rings. The lowest BCUT2D eigenvalue weighted by Crippen LogP contribution is -2.33. The van der Waals surface area contributed by atoms with Crippen molar-refractivity contribution in [1.82, 2.24) is 5.32 Å². The Labute approximate surface area is 125 Å². The minimum atomic E-state index is -0.485. The third-order valence-electron chi connectivity index (χ3n) is 2.46. The third-order valence-corrected chi connectivity index (χ3v) is 2.46. The molecule has 0 fully saturated rings. The maximum Gasteiger partial charge on any atom is 0.407 e. The van der Waals surface area contributed by atoms with Gasteiger partial charge in [0.2, 0.25) is 0 Å². The van der Waals surface area contributed by atoms with Crippen molar-refractivity contribution in [3.63, 3.8) is 0 Å². The van der Waals surface area contributed by atoms with Crippen molar-refractivity contribution < 1.29 is 19.0 Å². The molecule has 3 N–H and O–H groups in total. The summed E-state index contributed by atoms with van der Waals surface area (Å²) in [5.74, 6) is 1.26. The van der Waals surface area contributed by atoms with Gasteiger partial charge in [-0.2, -0.15) is 0 Å². The summed E-state index contributed by atoms with van der Waals surface area (Å²) in [5, 5.41) is 2.67. The van der Waals surface area contributed by atoms with E-state index in [1.54, 1.807) is 25.3 Å². The number of carbonyl (C=O) groups excluding carboxylic acids is 1. The Kier molecular flexibility index (Phi) is 6.14. The summed E-state index contributed by atoms with van der Waals surface area (Å²) in [6, 6.07) is 5.24. The molecule has 1 aromatic carbocycles. The molecule has 1 rings (SSSR count). The van der Waals surface area contributed by atoms with Gasteiger partial charge in [-0.3, -0.25) is 0 Å². The Bertz CT molecular complexity index is 469. The summed E-state index contributed by atoms with van der Waals surface area (Å²) in [6.45, 7) is 6.43. The van der Waals surface area contributed by atoms with Crippen molar-refractivity contribution in [1.29, 1.82) is 0 Å². The average Bonchev–Trinajstić information content (AvgIpc) is 2.38. The largest absolute Gasteiger partial charge is 0.494 e. The fourth-order valence-electron chi connectivity index (χ4n) is 1.55. The highest BCUT2D eigenvalue weighted by molar-refractivity contribution is 5.67. The van der Waals surface area contributed by atoms with Crippen molar-refractivity contribution in [2.75, 3.05) is 26.0 Å². The highest BCUT2D eigenvalue weighted by atomic mass is 16.6. The average molecular weight is 296 g/mol. The van der Waals surface area contributed by atoms with Gasteiger partial charge in [-0.25, -0.2) is 4.79 Å². The van der Waals surface area contributed by atoms with Gasteiger partial charge in [0.1, 0.15) is 17.1 Å². The number of nitrogens with one attached hydrogen (secondary N) is 1. The van der Waals surface area contributed by atoms with E-state index in [-0.39, 0.29) is 0 Å². The lowest BCUT2D eigenvalue weighted by atomic mass is 10.2. The van der Waals surface area contributed by atoms with Gasteiger partial charge in [-0.1, -0.05) is 0 Å². The second-order valence-electron chi connectivity index (χ2n) is 5.53. The molecular weight excluding hydrogens is 272 g/mol. The van der Waals surface area contributed by atoms with E-state index in [1.165, 1.54) is 0 Å². The molecule has 1 aromatic rings. The third kappa shape index (κ3) is 6.74. The van der Waals surface area contributed by atoms with Crippen LogP contribution in [-0.4, -0.2) is 32.0 Å². The van der Waals surface area contributed by atoms with Gasteiger partial charge in [0.15, 0.2) is 0 Å². The van der Waals surface area contributed by atoms with Crippen LogP contribution in [0.3, 0.4) is 0 Å². The summed E-state index contributed by atoms with van der Waals surface area (Å²) in [4.78, 5) is 11.4. The number of carbonyl (C=O) groups is 1. The van der Waals surface area contributed by atoms with E-state index >= 15 is 0 Å². The number of hydrogen-bond donors (Lipinski definition) is 2. The molecule has 0 aliphatic heterocycles. The summed E-state index contributed by atoms with van der Waals surface area (Å²) >= 11 is 0. The Balaban J connectivity index is 2.24. The molecule has 6 nitrogen and oxygen atoms in total. The zero-order chi connectivity index (χ0) is 15.9. The Hall–Kier alpha value is -2.11. The molecule has 0 aliphatic carbocycles. The first kappa shape index (κ1) is 16.9. The molecule has 0 unspecified atom stereocenters. The lowest BCUT2D eigenvalue weighted by molar-refractivity contribution is 0.0525. The van der Waals surface area contributed by atoms with Crippen molar-refractivity contribution in [3.8, 4) is 11.5 Å². The number of ether oxygens (including phenoxy) is 3. The van der Waals surface area contributed by atoms with Crippen molar-refractivity contribution >= 4 is 11.8 Å². The monoisotopic (exact) mass is 296 g/mol. The molecular formula is C15H24N2O4. The zero-order valence-electron chi connectivity index (χ0n) is 13.1. The first-order chi connectivity index (χ1) is 9.81. The van der Waals surface area contributed by atoms with Crippen LogP contribution in [0.15, 0.2) is 18.2 Å². The van der Waals surface area contributed by atoms with Crippen LogP contribution in [0, 0.1) is 0 Å². The quantitative estimate of drug-likeness (QED) is 0.622. The van der Waals surface area contributed by atoms with Crippen LogP contribution in [0.4, 0.5) is 10.5 Å². The van der Waals surface area contributed by atoms with Crippen LogP contribution in [0.25, 0.3) is 0 Å². The Morgan fingerprint density at radius 1 is 1.33 bits per heavy atom. The second-order valence-corrected chi connectivity index (χ2v) is 5.53. The molecule has 118 valence electrons. The van der Waals surface area contributed by atoms with E-state index in [0.717, 1.165) is 0 Å². The lowest BCUT2D eigenvalue weighted by Gasteiger charge is -2.19. The molecule has 6 heteroatoms. The molecule has 1 amide bonds. The molecule has 0 saturated carbocycles. The highest BCUT2D eigenvalue weighted by Gasteiger charge is 2.15. The van der Waals surface area contributed by atoms with Crippen LogP contribution in [-0.2, 0) is 4.74 Å². The van der Waals surface area contributed by atoms with E-state index in [0.29, 0.717) is 36.8 Å². The van der Waals surface area contributed by atoms with Crippen LogP contribution in [0.5, 0.6) is 11.5 Å². The van der Waals surface area contributed by atoms with Crippen LogP contribution >= 0.6 is 0 Å². The number of nitrogen functional groups attached to an aromatic ring is 1. The number of benzene rings is 1. The molecule has 0 bridgehead atoms. The summed E-state index contributed by atoms with van der Waals surface area (Å²) in [7, 11) is 1.56.